The number of hydrogen-bond donors (Lipinski definition) is 2. The minimum atomic E-state index is -1.09. The van der Waals surface area contributed by atoms with Crippen LogP contribution in [0.25, 0.3) is 0 Å². The topological polar surface area (TPSA) is 88.5 Å². The molecule has 0 aliphatic heterocycles. The third-order valence-corrected chi connectivity index (χ3v) is 2.59. The summed E-state index contributed by atoms with van der Waals surface area (Å²) < 4.78 is 4.99. The van der Waals surface area contributed by atoms with Gasteiger partial charge in [-0.15, -0.1) is 0 Å². The molecule has 0 spiro atoms. The van der Waals surface area contributed by atoms with Crippen molar-refractivity contribution in [3.8, 4) is 5.75 Å². The molecule has 1 amide bonds. The lowest BCUT2D eigenvalue weighted by Gasteiger charge is -2.09. The third-order valence-electron chi connectivity index (χ3n) is 2.59. The molecule has 0 fully saturated rings. The maximum absolute atomic E-state index is 11.9. The second kappa shape index (κ2) is 5.83. The Morgan fingerprint density at radius 2 is 2.05 bits per heavy atom. The molecule has 2 N–H and O–H groups in total. The Morgan fingerprint density at radius 1 is 1.25 bits per heavy atom. The van der Waals surface area contributed by atoms with Crippen LogP contribution in [0.5, 0.6) is 5.75 Å². The summed E-state index contributed by atoms with van der Waals surface area (Å²) in [4.78, 5) is 26.8. The standard InChI is InChI=1S/C14H12N2O4/c1-20-12-8-9(5-6-10(12)14(18)19)16-13(17)11-4-2-3-7-15-11/h2-8H,1H3,(H,16,17)(H,18,19). The first-order chi connectivity index (χ1) is 9.61. The van der Waals surface area contributed by atoms with Crippen molar-refractivity contribution < 1.29 is 19.4 Å². The van der Waals surface area contributed by atoms with Crippen molar-refractivity contribution in [1.82, 2.24) is 4.98 Å². The number of carboxylic acid groups (broad SMARTS) is 1. The third kappa shape index (κ3) is 2.92. The van der Waals surface area contributed by atoms with Crippen LogP contribution >= 0.6 is 0 Å². The number of methoxy groups -OCH3 is 1. The van der Waals surface area contributed by atoms with E-state index in [1.165, 1.54) is 31.5 Å². The van der Waals surface area contributed by atoms with Crippen LogP contribution in [0.3, 0.4) is 0 Å². The minimum absolute atomic E-state index is 0.0309. The zero-order chi connectivity index (χ0) is 14.5. The van der Waals surface area contributed by atoms with E-state index in [-0.39, 0.29) is 22.9 Å². The van der Waals surface area contributed by atoms with Crippen molar-refractivity contribution in [2.75, 3.05) is 12.4 Å². The van der Waals surface area contributed by atoms with Crippen molar-refractivity contribution >= 4 is 17.6 Å². The molecular weight excluding hydrogens is 260 g/mol. The summed E-state index contributed by atoms with van der Waals surface area (Å²) in [6, 6.07) is 9.31. The lowest BCUT2D eigenvalue weighted by molar-refractivity contribution is 0.0693. The molecular formula is C14H12N2O4. The average molecular weight is 272 g/mol. The number of carbonyl (C=O) groups is 2. The van der Waals surface area contributed by atoms with Crippen LogP contribution in [0.15, 0.2) is 42.6 Å². The molecule has 102 valence electrons. The Morgan fingerprint density at radius 3 is 2.65 bits per heavy atom. The molecule has 0 saturated heterocycles. The van der Waals surface area contributed by atoms with Crippen molar-refractivity contribution in [2.45, 2.75) is 0 Å². The van der Waals surface area contributed by atoms with Crippen LogP contribution < -0.4 is 10.1 Å². The van der Waals surface area contributed by atoms with E-state index in [1.54, 1.807) is 18.2 Å². The number of carboxylic acids is 1. The molecule has 0 saturated carbocycles. The van der Waals surface area contributed by atoms with Gasteiger partial charge in [-0.2, -0.15) is 0 Å². The maximum atomic E-state index is 11.9. The van der Waals surface area contributed by atoms with Crippen molar-refractivity contribution in [2.24, 2.45) is 0 Å². The number of pyridine rings is 1. The number of ether oxygens (including phenoxy) is 1. The molecule has 2 aromatic rings. The normalized spacial score (nSPS) is 9.85. The fourth-order valence-corrected chi connectivity index (χ4v) is 1.64. The number of nitrogens with one attached hydrogen (secondary N) is 1. The predicted octanol–water partition coefficient (Wildman–Crippen LogP) is 2.04. The summed E-state index contributed by atoms with van der Waals surface area (Å²) >= 11 is 0. The van der Waals surface area contributed by atoms with Gasteiger partial charge in [-0.05, 0) is 24.3 Å². The number of nitrogens with zero attached hydrogens (tertiary/aromatic N) is 1. The Bertz CT molecular complexity index is 641. The second-order valence-electron chi connectivity index (χ2n) is 3.89. The highest BCUT2D eigenvalue weighted by Crippen LogP contribution is 2.23. The highest BCUT2D eigenvalue weighted by molar-refractivity contribution is 6.03. The van der Waals surface area contributed by atoms with Crippen LogP contribution in [0.1, 0.15) is 20.8 Å². The smallest absolute Gasteiger partial charge is 0.339 e. The van der Waals surface area contributed by atoms with Gasteiger partial charge in [-0.25, -0.2) is 4.79 Å². The van der Waals surface area contributed by atoms with Gasteiger partial charge in [0.1, 0.15) is 17.0 Å². The molecule has 20 heavy (non-hydrogen) atoms. The molecule has 6 heteroatoms. The zero-order valence-electron chi connectivity index (χ0n) is 10.7. The highest BCUT2D eigenvalue weighted by atomic mass is 16.5. The van der Waals surface area contributed by atoms with Gasteiger partial charge < -0.3 is 15.2 Å². The van der Waals surface area contributed by atoms with Gasteiger partial charge in [-0.3, -0.25) is 9.78 Å². The molecule has 6 nitrogen and oxygen atoms in total. The minimum Gasteiger partial charge on any atom is -0.496 e. The Hall–Kier alpha value is -2.89. The fourth-order valence-electron chi connectivity index (χ4n) is 1.64. The van der Waals surface area contributed by atoms with Gasteiger partial charge >= 0.3 is 5.97 Å². The van der Waals surface area contributed by atoms with E-state index in [9.17, 15) is 9.59 Å². The summed E-state index contributed by atoms with van der Waals surface area (Å²) in [5.74, 6) is -1.29. The zero-order valence-corrected chi connectivity index (χ0v) is 10.7. The van der Waals surface area contributed by atoms with Gasteiger partial charge in [0, 0.05) is 18.0 Å². The van der Waals surface area contributed by atoms with Crippen LogP contribution in [-0.4, -0.2) is 29.1 Å². The summed E-state index contributed by atoms with van der Waals surface area (Å²) in [5.41, 5.74) is 0.736. The van der Waals surface area contributed by atoms with Gasteiger partial charge in [0.2, 0.25) is 0 Å². The van der Waals surface area contributed by atoms with Crippen molar-refractivity contribution in [3.63, 3.8) is 0 Å². The first-order valence-electron chi connectivity index (χ1n) is 5.75. The second-order valence-corrected chi connectivity index (χ2v) is 3.89. The summed E-state index contributed by atoms with van der Waals surface area (Å²) in [6.45, 7) is 0. The molecule has 0 atom stereocenters. The number of rotatable bonds is 4. The van der Waals surface area contributed by atoms with Gasteiger partial charge in [-0.1, -0.05) is 6.07 Å². The lowest BCUT2D eigenvalue weighted by atomic mass is 10.2. The number of aromatic carboxylic acids is 1. The van der Waals surface area contributed by atoms with E-state index in [2.05, 4.69) is 10.3 Å². The maximum Gasteiger partial charge on any atom is 0.339 e. The van der Waals surface area contributed by atoms with Crippen molar-refractivity contribution in [3.05, 3.63) is 53.9 Å². The van der Waals surface area contributed by atoms with Crippen LogP contribution in [0, 0.1) is 0 Å². The SMILES string of the molecule is COc1cc(NC(=O)c2ccccn2)ccc1C(=O)O. The number of amides is 1. The van der Waals surface area contributed by atoms with Gasteiger partial charge in [0.25, 0.3) is 5.91 Å². The van der Waals surface area contributed by atoms with Crippen molar-refractivity contribution in [1.29, 1.82) is 0 Å². The van der Waals surface area contributed by atoms with Crippen LogP contribution in [0.4, 0.5) is 5.69 Å². The van der Waals surface area contributed by atoms with E-state index >= 15 is 0 Å². The van der Waals surface area contributed by atoms with Crippen LogP contribution in [-0.2, 0) is 0 Å². The number of anilines is 1. The average Bonchev–Trinajstić information content (AvgIpc) is 2.47. The molecule has 2 rings (SSSR count). The summed E-state index contributed by atoms with van der Waals surface area (Å²) in [5, 5.41) is 11.6. The quantitative estimate of drug-likeness (QED) is 0.889. The number of aromatic nitrogens is 1. The summed E-state index contributed by atoms with van der Waals surface area (Å²) in [7, 11) is 1.37. The molecule has 1 heterocycles. The first-order valence-corrected chi connectivity index (χ1v) is 5.75. The number of hydrogen-bond acceptors (Lipinski definition) is 4. The van der Waals surface area contributed by atoms with E-state index < -0.39 is 5.97 Å². The molecule has 0 radical (unpaired) electrons. The molecule has 1 aromatic carbocycles. The number of benzene rings is 1. The monoisotopic (exact) mass is 272 g/mol. The lowest BCUT2D eigenvalue weighted by Crippen LogP contribution is -2.13. The van der Waals surface area contributed by atoms with E-state index in [4.69, 9.17) is 9.84 Å². The molecule has 0 aliphatic carbocycles. The van der Waals surface area contributed by atoms with Gasteiger partial charge in [0.05, 0.1) is 7.11 Å². The molecule has 0 aliphatic rings. The van der Waals surface area contributed by atoms with E-state index in [0.29, 0.717) is 5.69 Å². The number of carbonyl (C=O) groups excluding carboxylic acids is 1. The summed E-state index contributed by atoms with van der Waals surface area (Å²) in [6.07, 6.45) is 1.52. The fraction of sp³-hybridized carbons (Fsp3) is 0.0714. The molecule has 0 unspecified atom stereocenters. The predicted molar refractivity (Wildman–Crippen MR) is 72.1 cm³/mol. The highest BCUT2D eigenvalue weighted by Gasteiger charge is 2.13. The Kier molecular flexibility index (Phi) is 3.95. The Labute approximate surface area is 115 Å². The van der Waals surface area contributed by atoms with Crippen LogP contribution in [0.2, 0.25) is 0 Å². The molecule has 0 bridgehead atoms. The Balaban J connectivity index is 2.22. The first kappa shape index (κ1) is 13.5. The molecule has 1 aromatic heterocycles. The van der Waals surface area contributed by atoms with E-state index in [1.807, 2.05) is 0 Å². The van der Waals surface area contributed by atoms with Gasteiger partial charge in [0.15, 0.2) is 0 Å². The largest absolute Gasteiger partial charge is 0.496 e. The van der Waals surface area contributed by atoms with E-state index in [0.717, 1.165) is 0 Å².